The number of nitrogens with zero attached hydrogens (tertiary/aromatic N) is 1. The van der Waals surface area contributed by atoms with Gasteiger partial charge in [0, 0.05) is 28.1 Å². The summed E-state index contributed by atoms with van der Waals surface area (Å²) < 4.78 is 7.00. The van der Waals surface area contributed by atoms with E-state index in [0.29, 0.717) is 5.92 Å². The molecule has 39 heavy (non-hydrogen) atoms. The maximum Gasteiger partial charge on any atom is 0.161 e. The van der Waals surface area contributed by atoms with Gasteiger partial charge in [0.25, 0.3) is 0 Å². The van der Waals surface area contributed by atoms with Crippen LogP contribution < -0.4 is 0 Å². The zero-order valence-corrected chi connectivity index (χ0v) is 25.3. The predicted octanol–water partition coefficient (Wildman–Crippen LogP) is 10.6. The Morgan fingerprint density at radius 2 is 1.51 bits per heavy atom. The van der Waals surface area contributed by atoms with Crippen LogP contribution in [0.1, 0.15) is 97.4 Å². The van der Waals surface area contributed by atoms with Crippen molar-refractivity contribution in [2.24, 2.45) is 5.92 Å². The molecule has 2 aromatic heterocycles. The Bertz CT molecular complexity index is 1740. The van der Waals surface area contributed by atoms with Gasteiger partial charge in [-0.1, -0.05) is 86.6 Å². The Balaban J connectivity index is 1.71. The van der Waals surface area contributed by atoms with Crippen LogP contribution in [0.25, 0.3) is 44.0 Å². The van der Waals surface area contributed by atoms with Crippen molar-refractivity contribution in [1.29, 1.82) is 0 Å². The Kier molecular flexibility index (Phi) is 5.81. The molecule has 0 spiro atoms. The van der Waals surface area contributed by atoms with E-state index in [-0.39, 0.29) is 16.2 Å². The van der Waals surface area contributed by atoms with E-state index in [1.54, 1.807) is 0 Å². The molecule has 1 aliphatic rings. The molecule has 0 saturated carbocycles. The van der Waals surface area contributed by atoms with E-state index in [2.05, 4.69) is 111 Å². The molecule has 0 N–H and O–H groups in total. The average molecular weight is 518 g/mol. The van der Waals surface area contributed by atoms with E-state index in [0.717, 1.165) is 35.3 Å². The summed E-state index contributed by atoms with van der Waals surface area (Å²) in [6, 6.07) is 17.9. The molecule has 2 heterocycles. The maximum atomic E-state index is 7.00. The number of aromatic nitrogens is 1. The molecule has 202 valence electrons. The van der Waals surface area contributed by atoms with Crippen LogP contribution in [0.2, 0.25) is 0 Å². The van der Waals surface area contributed by atoms with Crippen LogP contribution in [0.5, 0.6) is 0 Å². The molecule has 0 bridgehead atoms. The Morgan fingerprint density at radius 3 is 2.21 bits per heavy atom. The van der Waals surface area contributed by atoms with E-state index < -0.39 is 0 Å². The first kappa shape index (κ1) is 26.1. The van der Waals surface area contributed by atoms with Gasteiger partial charge in [0.2, 0.25) is 0 Å². The number of hydrogen-bond acceptors (Lipinski definition) is 2. The summed E-state index contributed by atoms with van der Waals surface area (Å²) in [7, 11) is 0. The predicted molar refractivity (Wildman–Crippen MR) is 167 cm³/mol. The highest BCUT2D eigenvalue weighted by Crippen LogP contribution is 2.52. The number of hydrogen-bond donors (Lipinski definition) is 0. The molecule has 6 rings (SSSR count). The van der Waals surface area contributed by atoms with Gasteiger partial charge in [-0.15, -0.1) is 0 Å². The molecule has 2 nitrogen and oxygen atoms in total. The molecule has 2 heteroatoms. The summed E-state index contributed by atoms with van der Waals surface area (Å²) in [6.45, 7) is 21.2. The zero-order valence-electron chi connectivity index (χ0n) is 25.3. The van der Waals surface area contributed by atoms with Gasteiger partial charge in [-0.25, -0.2) is 0 Å². The van der Waals surface area contributed by atoms with Crippen molar-refractivity contribution in [3.05, 3.63) is 77.0 Å². The summed E-state index contributed by atoms with van der Waals surface area (Å²) in [5.74, 6) is 0.594. The molecular formula is C37H43NO. The second-order valence-electron chi connectivity index (χ2n) is 14.7. The monoisotopic (exact) mass is 517 g/mol. The highest BCUT2D eigenvalue weighted by atomic mass is 16.3. The summed E-state index contributed by atoms with van der Waals surface area (Å²) >= 11 is 0. The van der Waals surface area contributed by atoms with Crippen molar-refractivity contribution in [2.75, 3.05) is 0 Å². The lowest BCUT2D eigenvalue weighted by molar-refractivity contribution is 0.328. The molecular weight excluding hydrogens is 474 g/mol. The fourth-order valence-corrected chi connectivity index (χ4v) is 7.06. The van der Waals surface area contributed by atoms with Gasteiger partial charge in [0.05, 0.1) is 0 Å². The topological polar surface area (TPSA) is 26.0 Å². The van der Waals surface area contributed by atoms with Gasteiger partial charge in [0.1, 0.15) is 11.3 Å². The van der Waals surface area contributed by atoms with E-state index in [1.807, 2.05) is 6.20 Å². The highest BCUT2D eigenvalue weighted by molar-refractivity contribution is 6.11. The third-order valence-electron chi connectivity index (χ3n) is 9.06. The Hall–Kier alpha value is -3.13. The molecule has 5 aromatic rings. The molecule has 0 unspecified atom stereocenters. The normalized spacial score (nSPS) is 16.9. The first-order valence-electron chi connectivity index (χ1n) is 14.7. The Morgan fingerprint density at radius 1 is 0.821 bits per heavy atom. The lowest BCUT2D eigenvalue weighted by Gasteiger charge is -2.43. The van der Waals surface area contributed by atoms with Crippen LogP contribution in [0.4, 0.5) is 0 Å². The van der Waals surface area contributed by atoms with Crippen LogP contribution in [-0.2, 0) is 22.7 Å². The molecule has 0 radical (unpaired) electrons. The van der Waals surface area contributed by atoms with Crippen LogP contribution in [0, 0.1) is 5.92 Å². The first-order chi connectivity index (χ1) is 18.3. The summed E-state index contributed by atoms with van der Waals surface area (Å²) in [6.07, 6.45) is 5.41. The SMILES string of the molecule is CC(C)Cc1cc2c(oc3c(-c4cc(C(C)(C)C)c5ccccc5c4)nccc32)c2c1C(C)(C)CCC2(C)C. The summed E-state index contributed by atoms with van der Waals surface area (Å²) in [4.78, 5) is 4.96. The molecule has 0 amide bonds. The van der Waals surface area contributed by atoms with Crippen molar-refractivity contribution >= 4 is 32.7 Å². The zero-order chi connectivity index (χ0) is 27.9. The van der Waals surface area contributed by atoms with Crippen LogP contribution in [0.15, 0.2) is 59.1 Å². The quantitative estimate of drug-likeness (QED) is 0.238. The van der Waals surface area contributed by atoms with Crippen molar-refractivity contribution in [3.8, 4) is 11.3 Å². The smallest absolute Gasteiger partial charge is 0.161 e. The first-order valence-corrected chi connectivity index (χ1v) is 14.7. The molecule has 0 aliphatic heterocycles. The lowest BCUT2D eigenvalue weighted by Crippen LogP contribution is -2.35. The van der Waals surface area contributed by atoms with Crippen molar-refractivity contribution < 1.29 is 4.42 Å². The fourth-order valence-electron chi connectivity index (χ4n) is 7.06. The molecule has 0 saturated heterocycles. The number of furan rings is 1. The minimum Gasteiger partial charge on any atom is -0.453 e. The van der Waals surface area contributed by atoms with Crippen molar-refractivity contribution in [2.45, 2.75) is 97.8 Å². The van der Waals surface area contributed by atoms with Crippen molar-refractivity contribution in [3.63, 3.8) is 0 Å². The third kappa shape index (κ3) is 4.19. The van der Waals surface area contributed by atoms with Gasteiger partial charge < -0.3 is 4.42 Å². The van der Waals surface area contributed by atoms with E-state index in [4.69, 9.17) is 9.40 Å². The molecule has 3 aromatic carbocycles. The van der Waals surface area contributed by atoms with Crippen LogP contribution >= 0.6 is 0 Å². The fraction of sp³-hybridized carbons (Fsp3) is 0.432. The second kappa shape index (κ2) is 8.68. The molecule has 1 aliphatic carbocycles. The highest BCUT2D eigenvalue weighted by Gasteiger charge is 2.41. The maximum absolute atomic E-state index is 7.00. The molecule has 0 atom stereocenters. The van der Waals surface area contributed by atoms with Gasteiger partial charge in [0.15, 0.2) is 5.58 Å². The Labute approximate surface area is 233 Å². The van der Waals surface area contributed by atoms with Gasteiger partial charge >= 0.3 is 0 Å². The van der Waals surface area contributed by atoms with Gasteiger partial charge in [-0.05, 0) is 93.2 Å². The minimum absolute atomic E-state index is 0.0117. The lowest BCUT2D eigenvalue weighted by atomic mass is 9.61. The standard InChI is InChI=1S/C37H43NO/c1-22(2)18-24-20-28-27-14-17-38-32(25-19-23-12-10-11-13-26(23)29(21-25)35(3,4)5)34(27)39-33(28)31-30(24)36(6,7)15-16-37(31,8)9/h10-14,17,19-22H,15-16,18H2,1-9H3. The number of rotatable bonds is 3. The van der Waals surface area contributed by atoms with Gasteiger partial charge in [-0.2, -0.15) is 0 Å². The average Bonchev–Trinajstić information content (AvgIpc) is 3.23. The van der Waals surface area contributed by atoms with E-state index in [9.17, 15) is 0 Å². The van der Waals surface area contributed by atoms with Crippen molar-refractivity contribution in [1.82, 2.24) is 4.98 Å². The molecule has 0 fully saturated rings. The van der Waals surface area contributed by atoms with Gasteiger partial charge in [-0.3, -0.25) is 4.98 Å². The third-order valence-corrected chi connectivity index (χ3v) is 9.06. The van der Waals surface area contributed by atoms with Crippen LogP contribution in [-0.4, -0.2) is 4.98 Å². The van der Waals surface area contributed by atoms with E-state index in [1.165, 1.54) is 50.2 Å². The largest absolute Gasteiger partial charge is 0.453 e. The van der Waals surface area contributed by atoms with E-state index >= 15 is 0 Å². The van der Waals surface area contributed by atoms with Crippen LogP contribution in [0.3, 0.4) is 0 Å². The minimum atomic E-state index is 0.0117. The second-order valence-corrected chi connectivity index (χ2v) is 14.7. The summed E-state index contributed by atoms with van der Waals surface area (Å²) in [5, 5.41) is 4.97. The number of pyridine rings is 1. The number of fused-ring (bicyclic) bond motifs is 6. The number of benzene rings is 3. The summed E-state index contributed by atoms with van der Waals surface area (Å²) in [5.41, 5.74) is 10.0.